The van der Waals surface area contributed by atoms with Gasteiger partial charge in [0.25, 0.3) is 5.91 Å². The molecule has 1 aromatic carbocycles. The number of carbonyl (C=O) groups excluding carboxylic acids is 1. The van der Waals surface area contributed by atoms with Gasteiger partial charge in [0.15, 0.2) is 6.61 Å². The summed E-state index contributed by atoms with van der Waals surface area (Å²) >= 11 is 0. The van der Waals surface area contributed by atoms with Crippen molar-refractivity contribution in [2.75, 3.05) is 13.2 Å². The van der Waals surface area contributed by atoms with Crippen LogP contribution in [0.2, 0.25) is 0 Å². The molecular weight excluding hydrogens is 280 g/mol. The highest BCUT2D eigenvalue weighted by molar-refractivity contribution is 7.89. The fourth-order valence-electron chi connectivity index (χ4n) is 1.61. The maximum absolute atomic E-state index is 11.4. The number of aryl methyl sites for hydroxylation is 2. The Bertz CT molecular complexity index is 624. The molecular formula is C13H18N2O4S. The molecule has 0 atom stereocenters. The van der Waals surface area contributed by atoms with E-state index in [0.29, 0.717) is 23.4 Å². The van der Waals surface area contributed by atoms with Crippen molar-refractivity contribution < 1.29 is 17.9 Å². The summed E-state index contributed by atoms with van der Waals surface area (Å²) in [5, 5.41) is 7.69. The van der Waals surface area contributed by atoms with Crippen molar-refractivity contribution in [3.63, 3.8) is 0 Å². The van der Waals surface area contributed by atoms with E-state index >= 15 is 0 Å². The minimum Gasteiger partial charge on any atom is -0.483 e. The first kappa shape index (κ1) is 16.2. The first-order chi connectivity index (χ1) is 9.25. The van der Waals surface area contributed by atoms with Crippen LogP contribution in [0.4, 0.5) is 0 Å². The molecule has 0 bridgehead atoms. The van der Waals surface area contributed by atoms with E-state index in [1.54, 1.807) is 26.0 Å². The molecule has 0 radical (unpaired) electrons. The Kier molecular flexibility index (Phi) is 5.29. The van der Waals surface area contributed by atoms with Crippen LogP contribution in [-0.4, -0.2) is 27.5 Å². The number of amides is 1. The van der Waals surface area contributed by atoms with Crippen molar-refractivity contribution in [2.45, 2.75) is 18.7 Å². The monoisotopic (exact) mass is 298 g/mol. The van der Waals surface area contributed by atoms with Crippen molar-refractivity contribution in [1.29, 1.82) is 0 Å². The molecule has 0 unspecified atom stereocenters. The first-order valence-electron chi connectivity index (χ1n) is 5.90. The van der Waals surface area contributed by atoms with Gasteiger partial charge in [-0.05, 0) is 37.1 Å². The van der Waals surface area contributed by atoms with Crippen molar-refractivity contribution in [3.05, 3.63) is 35.9 Å². The van der Waals surface area contributed by atoms with Gasteiger partial charge in [0.2, 0.25) is 10.0 Å². The lowest BCUT2D eigenvalue weighted by Gasteiger charge is -2.12. The number of nitrogens with two attached hydrogens (primary N) is 1. The van der Waals surface area contributed by atoms with Gasteiger partial charge in [0.1, 0.15) is 5.75 Å². The van der Waals surface area contributed by atoms with Gasteiger partial charge in [-0.1, -0.05) is 6.08 Å². The molecule has 0 aromatic heterocycles. The molecule has 3 N–H and O–H groups in total. The van der Waals surface area contributed by atoms with E-state index in [-0.39, 0.29) is 17.4 Å². The highest BCUT2D eigenvalue weighted by Gasteiger charge is 2.15. The number of carbonyl (C=O) groups is 1. The second-order valence-electron chi connectivity index (χ2n) is 4.31. The van der Waals surface area contributed by atoms with Crippen LogP contribution in [0, 0.1) is 13.8 Å². The summed E-state index contributed by atoms with van der Waals surface area (Å²) in [6.45, 7) is 7.00. The summed E-state index contributed by atoms with van der Waals surface area (Å²) in [5.41, 5.74) is 1.07. The predicted molar refractivity (Wildman–Crippen MR) is 76.0 cm³/mol. The summed E-state index contributed by atoms with van der Waals surface area (Å²) < 4.78 is 28.1. The van der Waals surface area contributed by atoms with Gasteiger partial charge in [-0.25, -0.2) is 13.6 Å². The molecule has 0 saturated carbocycles. The van der Waals surface area contributed by atoms with E-state index in [4.69, 9.17) is 9.88 Å². The van der Waals surface area contributed by atoms with E-state index in [1.807, 2.05) is 0 Å². The molecule has 0 spiro atoms. The fraction of sp³-hybridized carbons (Fsp3) is 0.308. The Hall–Kier alpha value is -1.86. The third kappa shape index (κ3) is 4.36. The van der Waals surface area contributed by atoms with Crippen LogP contribution in [0.15, 0.2) is 29.7 Å². The lowest BCUT2D eigenvalue weighted by atomic mass is 10.1. The molecule has 0 heterocycles. The fourth-order valence-corrected chi connectivity index (χ4v) is 2.45. The SMILES string of the molecule is C=CCNC(=O)COc1cc(C)c(S(N)(=O)=O)cc1C. The predicted octanol–water partition coefficient (Wildman–Crippen LogP) is 0.632. The number of primary sulfonamides is 1. The Morgan fingerprint density at radius 3 is 2.60 bits per heavy atom. The Morgan fingerprint density at radius 1 is 1.40 bits per heavy atom. The van der Waals surface area contributed by atoms with Gasteiger partial charge in [0.05, 0.1) is 4.90 Å². The highest BCUT2D eigenvalue weighted by atomic mass is 32.2. The summed E-state index contributed by atoms with van der Waals surface area (Å²) in [4.78, 5) is 11.5. The van der Waals surface area contributed by atoms with Crippen molar-refractivity contribution in [2.24, 2.45) is 5.14 Å². The zero-order valence-corrected chi connectivity index (χ0v) is 12.3. The maximum atomic E-state index is 11.4. The minimum atomic E-state index is -3.76. The molecule has 7 heteroatoms. The van der Waals surface area contributed by atoms with Crippen molar-refractivity contribution in [3.8, 4) is 5.75 Å². The normalized spacial score (nSPS) is 10.9. The number of benzene rings is 1. The first-order valence-corrected chi connectivity index (χ1v) is 7.44. The third-order valence-electron chi connectivity index (χ3n) is 2.58. The summed E-state index contributed by atoms with van der Waals surface area (Å²) in [7, 11) is -3.76. The summed E-state index contributed by atoms with van der Waals surface area (Å²) in [6.07, 6.45) is 1.56. The van der Waals surface area contributed by atoms with E-state index in [1.165, 1.54) is 6.07 Å². The number of nitrogens with one attached hydrogen (secondary N) is 1. The van der Waals surface area contributed by atoms with Crippen LogP contribution in [0.5, 0.6) is 5.75 Å². The third-order valence-corrected chi connectivity index (χ3v) is 3.63. The van der Waals surface area contributed by atoms with Crippen molar-refractivity contribution >= 4 is 15.9 Å². The highest BCUT2D eigenvalue weighted by Crippen LogP contribution is 2.25. The number of sulfonamides is 1. The molecule has 1 amide bonds. The molecule has 0 aliphatic carbocycles. The van der Waals surface area contributed by atoms with Gasteiger partial charge in [-0.3, -0.25) is 4.79 Å². The lowest BCUT2D eigenvalue weighted by Crippen LogP contribution is -2.29. The molecule has 110 valence electrons. The maximum Gasteiger partial charge on any atom is 0.258 e. The molecule has 1 aromatic rings. The van der Waals surface area contributed by atoms with Crippen LogP contribution in [0.25, 0.3) is 0 Å². The summed E-state index contributed by atoms with van der Waals surface area (Å²) in [6, 6.07) is 2.98. The van der Waals surface area contributed by atoms with Gasteiger partial charge >= 0.3 is 0 Å². The zero-order chi connectivity index (χ0) is 15.3. The van der Waals surface area contributed by atoms with Gasteiger partial charge in [0, 0.05) is 6.54 Å². The smallest absolute Gasteiger partial charge is 0.258 e. The largest absolute Gasteiger partial charge is 0.483 e. The number of rotatable bonds is 6. The quantitative estimate of drug-likeness (QED) is 0.753. The van der Waals surface area contributed by atoms with E-state index in [2.05, 4.69) is 11.9 Å². The van der Waals surface area contributed by atoms with E-state index in [0.717, 1.165) is 0 Å². The Morgan fingerprint density at radius 2 is 2.05 bits per heavy atom. The van der Waals surface area contributed by atoms with Gasteiger partial charge in [-0.15, -0.1) is 6.58 Å². The standard InChI is InChI=1S/C13H18N2O4S/c1-4-5-15-13(16)8-19-11-6-10(3)12(7-9(11)2)20(14,17)18/h4,6-7H,1,5,8H2,2-3H3,(H,15,16)(H2,14,17,18). The zero-order valence-electron chi connectivity index (χ0n) is 11.5. The molecule has 6 nitrogen and oxygen atoms in total. The van der Waals surface area contributed by atoms with Crippen LogP contribution < -0.4 is 15.2 Å². The molecule has 20 heavy (non-hydrogen) atoms. The number of ether oxygens (including phenoxy) is 1. The van der Waals surface area contributed by atoms with Gasteiger partial charge in [-0.2, -0.15) is 0 Å². The molecule has 0 aliphatic heterocycles. The Balaban J connectivity index is 2.86. The van der Waals surface area contributed by atoms with E-state index < -0.39 is 10.0 Å². The summed E-state index contributed by atoms with van der Waals surface area (Å²) in [5.74, 6) is 0.168. The average Bonchev–Trinajstić information content (AvgIpc) is 2.35. The Labute approximate surface area is 118 Å². The molecule has 1 rings (SSSR count). The second kappa shape index (κ2) is 6.53. The van der Waals surface area contributed by atoms with Crippen LogP contribution in [0.1, 0.15) is 11.1 Å². The lowest BCUT2D eigenvalue weighted by molar-refractivity contribution is -0.122. The van der Waals surface area contributed by atoms with Crippen LogP contribution in [-0.2, 0) is 14.8 Å². The minimum absolute atomic E-state index is 0.0541. The molecule has 0 fully saturated rings. The van der Waals surface area contributed by atoms with E-state index in [9.17, 15) is 13.2 Å². The molecule has 0 saturated heterocycles. The average molecular weight is 298 g/mol. The van der Waals surface area contributed by atoms with Crippen molar-refractivity contribution in [1.82, 2.24) is 5.32 Å². The number of hydrogen-bond donors (Lipinski definition) is 2. The van der Waals surface area contributed by atoms with Crippen LogP contribution >= 0.6 is 0 Å². The number of hydrogen-bond acceptors (Lipinski definition) is 4. The van der Waals surface area contributed by atoms with Crippen LogP contribution in [0.3, 0.4) is 0 Å². The second-order valence-corrected chi connectivity index (χ2v) is 5.84. The topological polar surface area (TPSA) is 98.5 Å². The molecule has 0 aliphatic rings. The van der Waals surface area contributed by atoms with Gasteiger partial charge < -0.3 is 10.1 Å².